The highest BCUT2D eigenvalue weighted by Crippen LogP contribution is 2.20. The van der Waals surface area contributed by atoms with Crippen LogP contribution in [0.25, 0.3) is 0 Å². The number of methoxy groups -OCH3 is 1. The van der Waals surface area contributed by atoms with Crippen LogP contribution in [-0.4, -0.2) is 23.9 Å². The second-order valence-electron chi connectivity index (χ2n) is 6.62. The van der Waals surface area contributed by atoms with Gasteiger partial charge in [0.2, 0.25) is 0 Å². The molecule has 0 fully saturated rings. The third kappa shape index (κ3) is 5.34. The molecule has 1 N–H and O–H groups in total. The fourth-order valence-electron chi connectivity index (χ4n) is 2.81. The Morgan fingerprint density at radius 1 is 0.935 bits per heavy atom. The van der Waals surface area contributed by atoms with E-state index in [2.05, 4.69) is 17.2 Å². The number of benzene rings is 3. The zero-order valence-electron chi connectivity index (χ0n) is 16.8. The van der Waals surface area contributed by atoms with E-state index in [9.17, 15) is 19.7 Å². The summed E-state index contributed by atoms with van der Waals surface area (Å²) in [6.45, 7) is 1.61. The number of nitro benzene ring substituents is 1. The Morgan fingerprint density at radius 2 is 1.61 bits per heavy atom. The molecule has 0 unspecified atom stereocenters. The van der Waals surface area contributed by atoms with Crippen LogP contribution in [0.15, 0.2) is 66.7 Å². The number of hydrogen-bond acceptors (Lipinski definition) is 5. The van der Waals surface area contributed by atoms with Crippen molar-refractivity contribution < 1.29 is 19.2 Å². The molecule has 1 amide bonds. The summed E-state index contributed by atoms with van der Waals surface area (Å²) in [7, 11) is 1.31. The van der Waals surface area contributed by atoms with Crippen LogP contribution in [0.5, 0.6) is 0 Å². The molecule has 31 heavy (non-hydrogen) atoms. The van der Waals surface area contributed by atoms with Crippen LogP contribution in [0, 0.1) is 28.9 Å². The zero-order chi connectivity index (χ0) is 22.4. The Hall–Kier alpha value is -4.44. The minimum Gasteiger partial charge on any atom is -0.465 e. The maximum absolute atomic E-state index is 12.5. The lowest BCUT2D eigenvalue weighted by Crippen LogP contribution is -2.12. The molecule has 0 aliphatic heterocycles. The highest BCUT2D eigenvalue weighted by Gasteiger charge is 2.15. The lowest BCUT2D eigenvalue weighted by molar-refractivity contribution is -0.385. The topological polar surface area (TPSA) is 98.5 Å². The van der Waals surface area contributed by atoms with Crippen molar-refractivity contribution in [1.29, 1.82) is 0 Å². The van der Waals surface area contributed by atoms with E-state index in [-0.39, 0.29) is 11.3 Å². The van der Waals surface area contributed by atoms with Crippen molar-refractivity contribution in [2.45, 2.75) is 6.92 Å². The Bertz CT molecular complexity index is 1240. The smallest absolute Gasteiger partial charge is 0.337 e. The van der Waals surface area contributed by atoms with E-state index in [1.54, 1.807) is 55.5 Å². The number of carbonyl (C=O) groups is 2. The number of ether oxygens (including phenoxy) is 1. The zero-order valence-corrected chi connectivity index (χ0v) is 16.8. The molecule has 0 saturated carbocycles. The molecule has 0 aliphatic carbocycles. The van der Waals surface area contributed by atoms with E-state index in [1.807, 2.05) is 0 Å². The Kier molecular flexibility index (Phi) is 6.43. The number of nitrogens with zero attached hydrogens (tertiary/aromatic N) is 1. The van der Waals surface area contributed by atoms with Crippen molar-refractivity contribution in [3.8, 4) is 11.8 Å². The van der Waals surface area contributed by atoms with E-state index in [0.717, 1.165) is 0 Å². The minimum absolute atomic E-state index is 0.110. The van der Waals surface area contributed by atoms with Crippen LogP contribution in [0.3, 0.4) is 0 Å². The summed E-state index contributed by atoms with van der Waals surface area (Å²) in [5.41, 5.74) is 2.76. The molecular formula is C24H18N2O5. The monoisotopic (exact) mass is 414 g/mol. The Morgan fingerprint density at radius 3 is 2.29 bits per heavy atom. The highest BCUT2D eigenvalue weighted by atomic mass is 16.6. The largest absolute Gasteiger partial charge is 0.465 e. The van der Waals surface area contributed by atoms with Gasteiger partial charge >= 0.3 is 5.97 Å². The van der Waals surface area contributed by atoms with Crippen molar-refractivity contribution >= 4 is 23.3 Å². The predicted molar refractivity (Wildman–Crippen MR) is 116 cm³/mol. The van der Waals surface area contributed by atoms with Gasteiger partial charge < -0.3 is 10.1 Å². The maximum Gasteiger partial charge on any atom is 0.337 e. The first kappa shape index (κ1) is 21.3. The number of nitro groups is 1. The predicted octanol–water partition coefficient (Wildman–Crippen LogP) is 4.34. The standard InChI is InChI=1S/C24H18N2O5/c1-16-9-12-19(15-22(16)26(29)30)23(27)25-21-8-4-6-18(14-21)11-10-17-5-3-7-20(13-17)24(28)31-2/h3-9,12-15H,1-2H3,(H,25,27). The first-order valence-electron chi connectivity index (χ1n) is 9.24. The van der Waals surface area contributed by atoms with Crippen LogP contribution in [0.1, 0.15) is 37.4 Å². The van der Waals surface area contributed by atoms with Crippen LogP contribution < -0.4 is 5.32 Å². The average molecular weight is 414 g/mol. The van der Waals surface area contributed by atoms with E-state index in [4.69, 9.17) is 4.74 Å². The molecule has 0 atom stereocenters. The van der Waals surface area contributed by atoms with Crippen LogP contribution >= 0.6 is 0 Å². The molecule has 154 valence electrons. The maximum atomic E-state index is 12.5. The second-order valence-corrected chi connectivity index (χ2v) is 6.62. The molecule has 3 aromatic carbocycles. The first-order valence-corrected chi connectivity index (χ1v) is 9.24. The van der Waals surface area contributed by atoms with Crippen molar-refractivity contribution in [2.75, 3.05) is 12.4 Å². The van der Waals surface area contributed by atoms with Crippen LogP contribution in [0.4, 0.5) is 11.4 Å². The molecule has 0 heterocycles. The summed E-state index contributed by atoms with van der Waals surface area (Å²) in [5, 5.41) is 13.8. The summed E-state index contributed by atoms with van der Waals surface area (Å²) in [4.78, 5) is 34.7. The molecule has 0 radical (unpaired) electrons. The van der Waals surface area contributed by atoms with Crippen molar-refractivity contribution in [1.82, 2.24) is 0 Å². The Labute approximate surface area is 178 Å². The molecule has 7 heteroatoms. The molecule has 0 saturated heterocycles. The summed E-state index contributed by atoms with van der Waals surface area (Å²) in [6, 6.07) is 18.0. The second kappa shape index (κ2) is 9.37. The van der Waals surface area contributed by atoms with Crippen molar-refractivity contribution in [2.24, 2.45) is 0 Å². The van der Waals surface area contributed by atoms with Gasteiger partial charge in [0.25, 0.3) is 11.6 Å². The Balaban J connectivity index is 1.78. The third-order valence-corrected chi connectivity index (χ3v) is 4.42. The molecule has 0 bridgehead atoms. The number of rotatable bonds is 4. The van der Waals surface area contributed by atoms with Crippen LogP contribution in [-0.2, 0) is 4.74 Å². The van der Waals surface area contributed by atoms with Gasteiger partial charge in [-0.3, -0.25) is 14.9 Å². The highest BCUT2D eigenvalue weighted by molar-refractivity contribution is 6.04. The molecule has 0 aliphatic rings. The number of anilines is 1. The van der Waals surface area contributed by atoms with E-state index < -0.39 is 16.8 Å². The molecule has 3 aromatic rings. The van der Waals surface area contributed by atoms with E-state index in [0.29, 0.717) is 27.9 Å². The van der Waals surface area contributed by atoms with Crippen molar-refractivity contribution in [3.63, 3.8) is 0 Å². The fourth-order valence-corrected chi connectivity index (χ4v) is 2.81. The number of esters is 1. The average Bonchev–Trinajstić information content (AvgIpc) is 2.77. The summed E-state index contributed by atoms with van der Waals surface area (Å²) >= 11 is 0. The third-order valence-electron chi connectivity index (χ3n) is 4.42. The van der Waals surface area contributed by atoms with Gasteiger partial charge in [0, 0.05) is 34.0 Å². The van der Waals surface area contributed by atoms with E-state index in [1.165, 1.54) is 25.3 Å². The summed E-state index contributed by atoms with van der Waals surface area (Å²) < 4.78 is 4.71. The van der Waals surface area contributed by atoms with Gasteiger partial charge in [-0.25, -0.2) is 4.79 Å². The van der Waals surface area contributed by atoms with Gasteiger partial charge in [0.1, 0.15) is 0 Å². The molecule has 0 aromatic heterocycles. The minimum atomic E-state index is -0.516. The molecular weight excluding hydrogens is 396 g/mol. The van der Waals surface area contributed by atoms with Gasteiger partial charge in [-0.05, 0) is 49.4 Å². The van der Waals surface area contributed by atoms with Gasteiger partial charge in [0.05, 0.1) is 17.6 Å². The number of aryl methyl sites for hydroxylation is 1. The SMILES string of the molecule is COC(=O)c1cccc(C#Cc2cccc(NC(=O)c3ccc(C)c([N+](=O)[O-])c3)c2)c1. The van der Waals surface area contributed by atoms with Gasteiger partial charge in [-0.2, -0.15) is 0 Å². The molecule has 3 rings (SSSR count). The van der Waals surface area contributed by atoms with Gasteiger partial charge in [-0.1, -0.05) is 30.0 Å². The van der Waals surface area contributed by atoms with Gasteiger partial charge in [0.15, 0.2) is 0 Å². The molecule has 0 spiro atoms. The van der Waals surface area contributed by atoms with Crippen LogP contribution in [0.2, 0.25) is 0 Å². The van der Waals surface area contributed by atoms with Crippen molar-refractivity contribution in [3.05, 3.63) is 105 Å². The van der Waals surface area contributed by atoms with E-state index >= 15 is 0 Å². The summed E-state index contributed by atoms with van der Waals surface area (Å²) in [5.74, 6) is 5.06. The number of hydrogen-bond donors (Lipinski definition) is 1. The summed E-state index contributed by atoms with van der Waals surface area (Å²) in [6.07, 6.45) is 0. The number of nitrogens with one attached hydrogen (secondary N) is 1. The molecule has 7 nitrogen and oxygen atoms in total. The fraction of sp³-hybridized carbons (Fsp3) is 0.0833. The number of carbonyl (C=O) groups excluding carboxylic acids is 2. The number of amides is 1. The van der Waals surface area contributed by atoms with Gasteiger partial charge in [-0.15, -0.1) is 0 Å². The normalized spacial score (nSPS) is 9.87. The first-order chi connectivity index (χ1) is 14.9. The lowest BCUT2D eigenvalue weighted by Gasteiger charge is -2.06. The quantitative estimate of drug-likeness (QED) is 0.296. The lowest BCUT2D eigenvalue weighted by atomic mass is 10.1.